The van der Waals surface area contributed by atoms with Gasteiger partial charge >= 0.3 is 5.97 Å². The topological polar surface area (TPSA) is 57.5 Å². The van der Waals surface area contributed by atoms with Crippen LogP contribution in [-0.4, -0.2) is 16.2 Å². The van der Waals surface area contributed by atoms with Gasteiger partial charge in [0.1, 0.15) is 6.10 Å². The van der Waals surface area contributed by atoms with Crippen LogP contribution in [0.15, 0.2) is 54.6 Å². The molecule has 1 unspecified atom stereocenters. The number of benzene rings is 3. The Morgan fingerprint density at radius 1 is 0.897 bits per heavy atom. The van der Waals surface area contributed by atoms with Crippen molar-refractivity contribution in [1.29, 1.82) is 0 Å². The first-order chi connectivity index (χ1) is 13.6. The highest BCUT2D eigenvalue weighted by atomic mass is 16.4. The number of aliphatic hydroxyl groups is 1. The maximum absolute atomic E-state index is 11.1. The molecular formula is C26H28O3. The minimum absolute atomic E-state index is 0.0975. The van der Waals surface area contributed by atoms with Crippen LogP contribution in [-0.2, 0) is 10.8 Å². The zero-order valence-electron chi connectivity index (χ0n) is 17.5. The van der Waals surface area contributed by atoms with Gasteiger partial charge in [0.15, 0.2) is 0 Å². The van der Waals surface area contributed by atoms with E-state index in [1.165, 1.54) is 11.1 Å². The van der Waals surface area contributed by atoms with Crippen LogP contribution in [0.25, 0.3) is 10.8 Å². The Hall–Kier alpha value is -2.65. The van der Waals surface area contributed by atoms with Crippen molar-refractivity contribution >= 4 is 16.7 Å². The Balaban J connectivity index is 1.87. The fraction of sp³-hybridized carbons (Fsp3) is 0.346. The Morgan fingerprint density at radius 3 is 2.07 bits per heavy atom. The summed E-state index contributed by atoms with van der Waals surface area (Å²) in [6.07, 6.45) is 1.50. The number of rotatable bonds is 3. The molecule has 29 heavy (non-hydrogen) atoms. The number of hydrogen-bond acceptors (Lipinski definition) is 2. The highest BCUT2D eigenvalue weighted by molar-refractivity contribution is 5.89. The Morgan fingerprint density at radius 2 is 1.48 bits per heavy atom. The number of carboxylic acids is 1. The Bertz CT molecular complexity index is 1090. The van der Waals surface area contributed by atoms with Gasteiger partial charge in [-0.25, -0.2) is 4.79 Å². The number of carboxylic acid groups (broad SMARTS) is 1. The number of hydrogen-bond donors (Lipinski definition) is 2. The minimum Gasteiger partial charge on any atom is -0.478 e. The zero-order valence-corrected chi connectivity index (χ0v) is 17.5. The van der Waals surface area contributed by atoms with Crippen molar-refractivity contribution < 1.29 is 15.0 Å². The van der Waals surface area contributed by atoms with Gasteiger partial charge in [0.25, 0.3) is 0 Å². The molecule has 4 rings (SSSR count). The fourth-order valence-electron chi connectivity index (χ4n) is 4.59. The molecule has 2 N–H and O–H groups in total. The van der Waals surface area contributed by atoms with Crippen molar-refractivity contribution in [2.45, 2.75) is 57.5 Å². The number of carbonyl (C=O) groups is 1. The van der Waals surface area contributed by atoms with E-state index in [1.807, 2.05) is 12.1 Å². The average Bonchev–Trinajstić information content (AvgIpc) is 2.69. The summed E-state index contributed by atoms with van der Waals surface area (Å²) in [5, 5.41) is 22.4. The van der Waals surface area contributed by atoms with Crippen LogP contribution in [0.1, 0.15) is 79.3 Å². The summed E-state index contributed by atoms with van der Waals surface area (Å²) >= 11 is 0. The smallest absolute Gasteiger partial charge is 0.335 e. The van der Waals surface area contributed by atoms with Crippen molar-refractivity contribution in [1.82, 2.24) is 0 Å². The molecule has 1 aliphatic carbocycles. The second kappa shape index (κ2) is 6.70. The molecule has 0 bridgehead atoms. The molecule has 0 heterocycles. The third-order valence-corrected chi connectivity index (χ3v) is 6.65. The first-order valence-electron chi connectivity index (χ1n) is 10.2. The van der Waals surface area contributed by atoms with Gasteiger partial charge in [0.05, 0.1) is 5.56 Å². The van der Waals surface area contributed by atoms with Crippen molar-refractivity contribution in [3.05, 3.63) is 82.4 Å². The van der Waals surface area contributed by atoms with Crippen LogP contribution in [0.4, 0.5) is 0 Å². The van der Waals surface area contributed by atoms with E-state index in [2.05, 4.69) is 45.9 Å². The quantitative estimate of drug-likeness (QED) is 0.581. The first-order valence-corrected chi connectivity index (χ1v) is 10.2. The SMILES string of the molecule is CC1(C)CCC(C)(C)c2cc3c(C(O)c4ccc(C(=O)O)cc4)cccc3cc21. The van der Waals surface area contributed by atoms with E-state index >= 15 is 0 Å². The van der Waals surface area contributed by atoms with Gasteiger partial charge in [-0.2, -0.15) is 0 Å². The molecular weight excluding hydrogens is 360 g/mol. The van der Waals surface area contributed by atoms with Gasteiger partial charge in [-0.1, -0.05) is 64.1 Å². The number of aromatic carboxylic acids is 1. The lowest BCUT2D eigenvalue weighted by Gasteiger charge is -2.42. The van der Waals surface area contributed by atoms with Crippen LogP contribution < -0.4 is 0 Å². The lowest BCUT2D eigenvalue weighted by atomic mass is 9.62. The normalized spacial score (nSPS) is 18.2. The molecule has 0 fully saturated rings. The molecule has 0 aromatic heterocycles. The van der Waals surface area contributed by atoms with Crippen molar-refractivity contribution in [3.8, 4) is 0 Å². The molecule has 3 aromatic rings. The Kier molecular flexibility index (Phi) is 4.54. The van der Waals surface area contributed by atoms with Gasteiger partial charge in [-0.05, 0) is 74.9 Å². The molecule has 3 nitrogen and oxygen atoms in total. The van der Waals surface area contributed by atoms with E-state index in [-0.39, 0.29) is 16.4 Å². The van der Waals surface area contributed by atoms with Crippen molar-refractivity contribution in [2.24, 2.45) is 0 Å². The summed E-state index contributed by atoms with van der Waals surface area (Å²) in [6.45, 7) is 9.23. The summed E-state index contributed by atoms with van der Waals surface area (Å²) in [5.74, 6) is -0.965. The van der Waals surface area contributed by atoms with E-state index in [1.54, 1.807) is 24.3 Å². The summed E-state index contributed by atoms with van der Waals surface area (Å²) in [7, 11) is 0. The van der Waals surface area contributed by atoms with Crippen molar-refractivity contribution in [3.63, 3.8) is 0 Å². The predicted molar refractivity (Wildman–Crippen MR) is 117 cm³/mol. The molecule has 0 aliphatic heterocycles. The first kappa shape index (κ1) is 19.7. The van der Waals surface area contributed by atoms with Crippen LogP contribution in [0.2, 0.25) is 0 Å². The third-order valence-electron chi connectivity index (χ3n) is 6.65. The summed E-state index contributed by atoms with van der Waals surface area (Å²) < 4.78 is 0. The predicted octanol–water partition coefficient (Wildman–Crippen LogP) is 5.97. The fourth-order valence-corrected chi connectivity index (χ4v) is 4.59. The Labute approximate surface area is 172 Å². The van der Waals surface area contributed by atoms with Gasteiger partial charge in [-0.15, -0.1) is 0 Å². The highest BCUT2D eigenvalue weighted by Crippen LogP contribution is 2.47. The van der Waals surface area contributed by atoms with Crippen LogP contribution >= 0.6 is 0 Å². The van der Waals surface area contributed by atoms with E-state index < -0.39 is 12.1 Å². The molecule has 0 radical (unpaired) electrons. The van der Waals surface area contributed by atoms with E-state index in [0.717, 1.165) is 29.2 Å². The maximum Gasteiger partial charge on any atom is 0.335 e. The molecule has 1 atom stereocenters. The van der Waals surface area contributed by atoms with Gasteiger partial charge in [0.2, 0.25) is 0 Å². The van der Waals surface area contributed by atoms with Crippen LogP contribution in [0.3, 0.4) is 0 Å². The van der Waals surface area contributed by atoms with Crippen LogP contribution in [0.5, 0.6) is 0 Å². The van der Waals surface area contributed by atoms with Crippen LogP contribution in [0, 0.1) is 0 Å². The summed E-state index contributed by atoms with van der Waals surface area (Å²) in [4.78, 5) is 11.1. The van der Waals surface area contributed by atoms with E-state index in [0.29, 0.717) is 5.56 Å². The lowest BCUT2D eigenvalue weighted by Crippen LogP contribution is -2.33. The van der Waals surface area contributed by atoms with Gasteiger partial charge in [0, 0.05) is 0 Å². The molecule has 1 aliphatic rings. The second-order valence-corrected chi connectivity index (χ2v) is 9.56. The minimum atomic E-state index is -0.965. The molecule has 0 amide bonds. The molecule has 0 saturated carbocycles. The average molecular weight is 389 g/mol. The summed E-state index contributed by atoms with van der Waals surface area (Å²) in [5.41, 5.74) is 4.77. The zero-order chi connectivity index (χ0) is 21.0. The largest absolute Gasteiger partial charge is 0.478 e. The van der Waals surface area contributed by atoms with Gasteiger partial charge in [-0.3, -0.25) is 0 Å². The second-order valence-electron chi connectivity index (χ2n) is 9.56. The third kappa shape index (κ3) is 3.34. The molecule has 3 heteroatoms. The number of fused-ring (bicyclic) bond motifs is 2. The maximum atomic E-state index is 11.1. The highest BCUT2D eigenvalue weighted by Gasteiger charge is 2.37. The molecule has 150 valence electrons. The molecule has 0 saturated heterocycles. The summed E-state index contributed by atoms with van der Waals surface area (Å²) in [6, 6.07) is 17.1. The number of aliphatic hydroxyl groups excluding tert-OH is 1. The van der Waals surface area contributed by atoms with E-state index in [4.69, 9.17) is 5.11 Å². The lowest BCUT2D eigenvalue weighted by molar-refractivity contribution is 0.0696. The van der Waals surface area contributed by atoms with E-state index in [9.17, 15) is 9.90 Å². The molecule has 3 aromatic carbocycles. The van der Waals surface area contributed by atoms with Gasteiger partial charge < -0.3 is 10.2 Å². The van der Waals surface area contributed by atoms with Crippen molar-refractivity contribution in [2.75, 3.05) is 0 Å². The standard InChI is InChI=1S/C26H28O3/c1-25(2)12-13-26(3,4)22-15-20-18(14-21(22)25)6-5-7-19(20)23(27)16-8-10-17(11-9-16)24(28)29/h5-11,14-15,23,27H,12-13H2,1-4H3,(H,28,29). The monoisotopic (exact) mass is 388 g/mol. The molecule has 0 spiro atoms.